The molecule has 1 aromatic heterocycles. The van der Waals surface area contributed by atoms with E-state index in [1.54, 1.807) is 43.4 Å². The molecule has 12 heteroatoms. The molecule has 2 aromatic carbocycles. The lowest BCUT2D eigenvalue weighted by molar-refractivity contribution is 0.250. The van der Waals surface area contributed by atoms with Gasteiger partial charge in [0.25, 0.3) is 0 Å². The fraction of sp³-hybridized carbons (Fsp3) is 0.167. The topological polar surface area (TPSA) is 118 Å². The zero-order chi connectivity index (χ0) is 21.3. The lowest BCUT2D eigenvalue weighted by Gasteiger charge is -2.13. The molecule has 156 valence electrons. The van der Waals surface area contributed by atoms with Crippen molar-refractivity contribution >= 4 is 40.8 Å². The number of tetrazole rings is 1. The number of anilines is 1. The number of rotatable bonds is 6. The lowest BCUT2D eigenvalue weighted by atomic mass is 10.3. The van der Waals surface area contributed by atoms with Gasteiger partial charge in [0.05, 0.1) is 5.02 Å². The monoisotopic (exact) mass is 448 g/mol. The summed E-state index contributed by atoms with van der Waals surface area (Å²) in [5, 5.41) is 15.3. The molecule has 0 radical (unpaired) electrons. The highest BCUT2D eigenvalue weighted by Crippen LogP contribution is 2.23. The SMILES string of the molecule is CN=C(Cn1nnnc1COc1ccccc1Cl)NNC(=O)Nc1ccc(Cl)cc1. The van der Waals surface area contributed by atoms with Crippen LogP contribution in [0.5, 0.6) is 5.75 Å². The Bertz CT molecular complexity index is 1020. The molecule has 3 rings (SSSR count). The molecule has 0 unspecified atom stereocenters. The zero-order valence-electron chi connectivity index (χ0n) is 15.8. The van der Waals surface area contributed by atoms with Crippen LogP contribution in [-0.4, -0.2) is 39.1 Å². The summed E-state index contributed by atoms with van der Waals surface area (Å²) in [7, 11) is 1.57. The van der Waals surface area contributed by atoms with Crippen molar-refractivity contribution in [1.29, 1.82) is 0 Å². The third-order valence-electron chi connectivity index (χ3n) is 3.79. The molecule has 10 nitrogen and oxygen atoms in total. The number of hydrogen-bond acceptors (Lipinski definition) is 6. The zero-order valence-corrected chi connectivity index (χ0v) is 17.4. The fourth-order valence-corrected chi connectivity index (χ4v) is 2.60. The van der Waals surface area contributed by atoms with E-state index >= 15 is 0 Å². The van der Waals surface area contributed by atoms with Crippen molar-refractivity contribution < 1.29 is 9.53 Å². The molecular weight excluding hydrogens is 431 g/mol. The second-order valence-electron chi connectivity index (χ2n) is 5.85. The van der Waals surface area contributed by atoms with Gasteiger partial charge in [-0.25, -0.2) is 9.48 Å². The minimum atomic E-state index is -0.475. The number of amidine groups is 1. The summed E-state index contributed by atoms with van der Waals surface area (Å²) in [6.45, 7) is 0.296. The van der Waals surface area contributed by atoms with Gasteiger partial charge in [0.2, 0.25) is 0 Å². The van der Waals surface area contributed by atoms with Gasteiger partial charge in [-0.2, -0.15) is 0 Å². The number of nitrogens with zero attached hydrogens (tertiary/aromatic N) is 5. The fourth-order valence-electron chi connectivity index (χ4n) is 2.29. The van der Waals surface area contributed by atoms with Crippen molar-refractivity contribution in [3.63, 3.8) is 0 Å². The molecule has 0 aliphatic heterocycles. The molecule has 0 bridgehead atoms. The molecular formula is C18H18Cl2N8O2. The number of hydrogen-bond donors (Lipinski definition) is 3. The number of carbonyl (C=O) groups excluding carboxylic acids is 1. The van der Waals surface area contributed by atoms with Crippen LogP contribution in [0, 0.1) is 0 Å². The summed E-state index contributed by atoms with van der Waals surface area (Å²) in [5.41, 5.74) is 5.82. The number of ether oxygens (including phenoxy) is 1. The van der Waals surface area contributed by atoms with E-state index in [4.69, 9.17) is 27.9 Å². The summed E-state index contributed by atoms with van der Waals surface area (Å²) in [6.07, 6.45) is 0. The Labute approximate surface area is 182 Å². The highest BCUT2D eigenvalue weighted by molar-refractivity contribution is 6.32. The number of para-hydroxylation sites is 1. The van der Waals surface area contributed by atoms with E-state index in [0.717, 1.165) is 0 Å². The number of aliphatic imine (C=N–C) groups is 1. The van der Waals surface area contributed by atoms with Crippen LogP contribution in [0.15, 0.2) is 53.5 Å². The molecule has 0 atom stereocenters. The van der Waals surface area contributed by atoms with Crippen LogP contribution in [-0.2, 0) is 13.2 Å². The van der Waals surface area contributed by atoms with E-state index < -0.39 is 6.03 Å². The van der Waals surface area contributed by atoms with Crippen molar-refractivity contribution in [1.82, 2.24) is 31.1 Å². The highest BCUT2D eigenvalue weighted by atomic mass is 35.5. The van der Waals surface area contributed by atoms with Crippen molar-refractivity contribution in [2.45, 2.75) is 13.2 Å². The summed E-state index contributed by atoms with van der Waals surface area (Å²) >= 11 is 11.9. The standard InChI is InChI=1S/C18H18Cl2N8O2/c1-21-16(23-25-18(29)22-13-8-6-12(19)7-9-13)10-28-17(24-26-27-28)11-30-15-5-3-2-4-14(15)20/h2-9H,10-11H2,1H3,(H,21,23)(H2,22,25,29). The third kappa shape index (κ3) is 6.06. The quantitative estimate of drug-likeness (QED) is 0.303. The maximum atomic E-state index is 12.0. The first-order valence-corrected chi connectivity index (χ1v) is 9.47. The maximum absolute atomic E-state index is 12.0. The van der Waals surface area contributed by atoms with E-state index in [2.05, 4.69) is 36.7 Å². The Morgan fingerprint density at radius 1 is 1.13 bits per heavy atom. The predicted octanol–water partition coefficient (Wildman–Crippen LogP) is 2.91. The van der Waals surface area contributed by atoms with E-state index in [9.17, 15) is 4.79 Å². The second-order valence-corrected chi connectivity index (χ2v) is 6.70. The van der Waals surface area contributed by atoms with Crippen molar-refractivity contribution in [2.75, 3.05) is 12.4 Å². The molecule has 3 N–H and O–H groups in total. The normalized spacial score (nSPS) is 11.1. The van der Waals surface area contributed by atoms with Crippen LogP contribution < -0.4 is 20.9 Å². The van der Waals surface area contributed by atoms with E-state index in [1.807, 2.05) is 12.1 Å². The lowest BCUT2D eigenvalue weighted by Crippen LogP contribution is -2.45. The van der Waals surface area contributed by atoms with Crippen molar-refractivity contribution in [3.05, 3.63) is 64.4 Å². The highest BCUT2D eigenvalue weighted by Gasteiger charge is 2.11. The van der Waals surface area contributed by atoms with Gasteiger partial charge < -0.3 is 10.1 Å². The van der Waals surface area contributed by atoms with Crippen LogP contribution >= 0.6 is 23.2 Å². The van der Waals surface area contributed by atoms with E-state index in [-0.39, 0.29) is 13.2 Å². The first kappa shape index (κ1) is 21.3. The van der Waals surface area contributed by atoms with Crippen molar-refractivity contribution in [2.24, 2.45) is 4.99 Å². The Kier molecular flexibility index (Phi) is 7.41. The van der Waals surface area contributed by atoms with Gasteiger partial charge in [-0.1, -0.05) is 35.3 Å². The molecule has 0 aliphatic rings. The number of halogens is 2. The number of urea groups is 1. The Hall–Kier alpha value is -3.37. The van der Waals surface area contributed by atoms with Gasteiger partial charge in [0.15, 0.2) is 5.82 Å². The van der Waals surface area contributed by atoms with Crippen LogP contribution in [0.4, 0.5) is 10.5 Å². The van der Waals surface area contributed by atoms with Crippen LogP contribution in [0.3, 0.4) is 0 Å². The Morgan fingerprint density at radius 3 is 2.63 bits per heavy atom. The number of amides is 2. The molecule has 0 saturated heterocycles. The van der Waals surface area contributed by atoms with Crippen LogP contribution in [0.1, 0.15) is 5.82 Å². The maximum Gasteiger partial charge on any atom is 0.337 e. The van der Waals surface area contributed by atoms with Gasteiger partial charge >= 0.3 is 6.03 Å². The Balaban J connectivity index is 1.52. The predicted molar refractivity (Wildman–Crippen MR) is 114 cm³/mol. The minimum absolute atomic E-state index is 0.109. The molecule has 3 aromatic rings. The van der Waals surface area contributed by atoms with Gasteiger partial charge in [-0.3, -0.25) is 15.8 Å². The number of hydrazine groups is 1. The first-order chi connectivity index (χ1) is 14.5. The van der Waals surface area contributed by atoms with E-state index in [0.29, 0.717) is 33.1 Å². The van der Waals surface area contributed by atoms with Gasteiger partial charge in [0, 0.05) is 17.8 Å². The first-order valence-electron chi connectivity index (χ1n) is 8.71. The van der Waals surface area contributed by atoms with Gasteiger partial charge in [-0.05, 0) is 46.8 Å². The van der Waals surface area contributed by atoms with Crippen LogP contribution in [0.25, 0.3) is 0 Å². The molecule has 30 heavy (non-hydrogen) atoms. The number of nitrogens with one attached hydrogen (secondary N) is 3. The third-order valence-corrected chi connectivity index (χ3v) is 4.36. The van der Waals surface area contributed by atoms with Gasteiger partial charge in [0.1, 0.15) is 24.7 Å². The number of carbonyl (C=O) groups is 1. The molecule has 0 aliphatic carbocycles. The molecule has 0 spiro atoms. The molecule has 1 heterocycles. The molecule has 2 amide bonds. The van der Waals surface area contributed by atoms with Crippen LogP contribution in [0.2, 0.25) is 10.0 Å². The van der Waals surface area contributed by atoms with Gasteiger partial charge in [-0.15, -0.1) is 5.10 Å². The summed E-state index contributed by atoms with van der Waals surface area (Å²) in [5.74, 6) is 1.41. The summed E-state index contributed by atoms with van der Waals surface area (Å²) in [6, 6.07) is 13.3. The number of aromatic nitrogens is 4. The number of benzene rings is 2. The average molecular weight is 449 g/mol. The Morgan fingerprint density at radius 2 is 1.90 bits per heavy atom. The summed E-state index contributed by atoms with van der Waals surface area (Å²) < 4.78 is 7.16. The molecule has 0 saturated carbocycles. The second kappa shape index (κ2) is 10.4. The largest absolute Gasteiger partial charge is 0.484 e. The van der Waals surface area contributed by atoms with E-state index in [1.165, 1.54) is 4.68 Å². The van der Waals surface area contributed by atoms with Crippen molar-refractivity contribution in [3.8, 4) is 5.75 Å². The minimum Gasteiger partial charge on any atom is -0.484 e. The smallest absolute Gasteiger partial charge is 0.337 e. The average Bonchev–Trinajstić information content (AvgIpc) is 3.19. The summed E-state index contributed by atoms with van der Waals surface area (Å²) in [4.78, 5) is 16.1. The molecule has 0 fully saturated rings.